The summed E-state index contributed by atoms with van der Waals surface area (Å²) >= 11 is 0. The van der Waals surface area contributed by atoms with Crippen molar-refractivity contribution in [2.75, 3.05) is 0 Å². The average Bonchev–Trinajstić information content (AvgIpc) is 2.15. The van der Waals surface area contributed by atoms with Crippen LogP contribution in [0.25, 0.3) is 0 Å². The summed E-state index contributed by atoms with van der Waals surface area (Å²) in [6.07, 6.45) is -4.48. The van der Waals surface area contributed by atoms with Crippen molar-refractivity contribution in [3.8, 4) is 0 Å². The van der Waals surface area contributed by atoms with Crippen molar-refractivity contribution >= 4 is 9.46 Å². The molecule has 6 heteroatoms. The van der Waals surface area contributed by atoms with Gasteiger partial charge in [0.2, 0.25) is 0 Å². The summed E-state index contributed by atoms with van der Waals surface area (Å²) in [4.78, 5) is 0. The minimum Gasteiger partial charge on any atom is -0.267 e. The maximum atomic E-state index is 12.4. The second kappa shape index (κ2) is 4.30. The Morgan fingerprint density at radius 3 is 2.27 bits per heavy atom. The first-order valence-electron chi connectivity index (χ1n) is 4.17. The van der Waals surface area contributed by atoms with E-state index in [1.807, 2.05) is 0 Å². The highest BCUT2D eigenvalue weighted by Gasteiger charge is 2.32. The van der Waals surface area contributed by atoms with Crippen molar-refractivity contribution in [1.82, 2.24) is 0 Å². The van der Waals surface area contributed by atoms with Crippen LogP contribution in [0.15, 0.2) is 24.3 Å². The van der Waals surface area contributed by atoms with Gasteiger partial charge >= 0.3 is 15.6 Å². The standard InChI is InChI=1S/C9H8F5Si/c1-6(15(13)14)7-3-2-4-8(5-7)9(10,11)12/h2-6H,1H3. The molecule has 1 atom stereocenters. The predicted octanol–water partition coefficient (Wildman–Crippen LogP) is 3.78. The third-order valence-electron chi connectivity index (χ3n) is 2.04. The molecule has 83 valence electrons. The van der Waals surface area contributed by atoms with Crippen molar-refractivity contribution in [2.24, 2.45) is 0 Å². The highest BCUT2D eigenvalue weighted by Crippen LogP contribution is 2.31. The van der Waals surface area contributed by atoms with Gasteiger partial charge in [-0.15, -0.1) is 0 Å². The first kappa shape index (κ1) is 12.2. The van der Waals surface area contributed by atoms with Crippen LogP contribution in [0.3, 0.4) is 0 Å². The maximum absolute atomic E-state index is 12.4. The monoisotopic (exact) mass is 239 g/mol. The summed E-state index contributed by atoms with van der Waals surface area (Å²) in [6.45, 7) is 1.24. The number of rotatable bonds is 2. The molecule has 0 nitrogen and oxygen atoms in total. The Kier molecular flexibility index (Phi) is 3.49. The quantitative estimate of drug-likeness (QED) is 0.418. The molecule has 1 rings (SSSR count). The van der Waals surface area contributed by atoms with Gasteiger partial charge in [-0.3, -0.25) is 8.22 Å². The van der Waals surface area contributed by atoms with E-state index < -0.39 is 26.7 Å². The van der Waals surface area contributed by atoms with E-state index in [9.17, 15) is 21.4 Å². The molecule has 0 saturated carbocycles. The minimum absolute atomic E-state index is 0.0451. The second-order valence-corrected chi connectivity index (χ2v) is 4.58. The molecular weight excluding hydrogens is 231 g/mol. The minimum atomic E-state index is -4.48. The molecule has 1 aromatic carbocycles. The molecule has 1 aromatic rings. The molecule has 0 aromatic heterocycles. The van der Waals surface area contributed by atoms with Crippen LogP contribution in [0.1, 0.15) is 23.6 Å². The molecule has 0 aliphatic heterocycles. The SMILES string of the molecule is CC(c1cccc(C(F)(F)F)c1)[Si](F)F. The summed E-state index contributed by atoms with van der Waals surface area (Å²) in [6, 6.07) is 4.11. The number of hydrogen-bond donors (Lipinski definition) is 0. The van der Waals surface area contributed by atoms with E-state index in [1.165, 1.54) is 13.0 Å². The van der Waals surface area contributed by atoms with E-state index in [4.69, 9.17) is 0 Å². The average molecular weight is 239 g/mol. The van der Waals surface area contributed by atoms with Gasteiger partial charge in [0.15, 0.2) is 0 Å². The third kappa shape index (κ3) is 3.02. The van der Waals surface area contributed by atoms with Crippen LogP contribution >= 0.6 is 0 Å². The fraction of sp³-hybridized carbons (Fsp3) is 0.333. The first-order chi connectivity index (χ1) is 6.82. The third-order valence-corrected chi connectivity index (χ3v) is 3.03. The second-order valence-electron chi connectivity index (χ2n) is 3.13. The molecule has 15 heavy (non-hydrogen) atoms. The van der Waals surface area contributed by atoms with E-state index in [0.29, 0.717) is 0 Å². The normalized spacial score (nSPS) is 14.3. The molecule has 0 spiro atoms. The molecule has 0 heterocycles. The molecule has 0 amide bonds. The Hall–Kier alpha value is -0.913. The number of halogens is 5. The van der Waals surface area contributed by atoms with Crippen LogP contribution in [0, 0.1) is 0 Å². The van der Waals surface area contributed by atoms with Gasteiger partial charge in [-0.25, -0.2) is 0 Å². The molecule has 1 radical (unpaired) electrons. The molecule has 0 fully saturated rings. The smallest absolute Gasteiger partial charge is 0.267 e. The van der Waals surface area contributed by atoms with E-state index in [0.717, 1.165) is 18.2 Å². The summed E-state index contributed by atoms with van der Waals surface area (Å²) in [5, 5.41) is 0. The van der Waals surface area contributed by atoms with Gasteiger partial charge in [0.25, 0.3) is 0 Å². The van der Waals surface area contributed by atoms with Crippen molar-refractivity contribution in [2.45, 2.75) is 18.6 Å². The van der Waals surface area contributed by atoms with Gasteiger partial charge in [0.05, 0.1) is 5.56 Å². The van der Waals surface area contributed by atoms with Crippen LogP contribution < -0.4 is 0 Å². The van der Waals surface area contributed by atoms with Gasteiger partial charge in [0.1, 0.15) is 0 Å². The van der Waals surface area contributed by atoms with Crippen molar-refractivity contribution in [3.63, 3.8) is 0 Å². The predicted molar refractivity (Wildman–Crippen MR) is 47.8 cm³/mol. The summed E-state index contributed by atoms with van der Waals surface area (Å²) in [5.74, 6) is 0. The fourth-order valence-corrected chi connectivity index (χ4v) is 1.54. The van der Waals surface area contributed by atoms with Gasteiger partial charge < -0.3 is 0 Å². The van der Waals surface area contributed by atoms with Gasteiger partial charge in [-0.1, -0.05) is 25.1 Å². The maximum Gasteiger partial charge on any atom is 0.484 e. The topological polar surface area (TPSA) is 0 Å². The molecular formula is C9H8F5Si. The number of benzene rings is 1. The Labute approximate surface area is 85.7 Å². The summed E-state index contributed by atoms with van der Waals surface area (Å²) in [5.41, 5.74) is -1.92. The number of hydrogen-bond acceptors (Lipinski definition) is 0. The highest BCUT2D eigenvalue weighted by atomic mass is 28.4. The van der Waals surface area contributed by atoms with Crippen molar-refractivity contribution in [3.05, 3.63) is 35.4 Å². The van der Waals surface area contributed by atoms with E-state index in [1.54, 1.807) is 0 Å². The lowest BCUT2D eigenvalue weighted by atomic mass is 10.1. The lowest BCUT2D eigenvalue weighted by molar-refractivity contribution is -0.137. The molecule has 0 aliphatic carbocycles. The largest absolute Gasteiger partial charge is 0.484 e. The molecule has 0 saturated heterocycles. The van der Waals surface area contributed by atoms with Crippen molar-refractivity contribution < 1.29 is 21.4 Å². The lowest BCUT2D eigenvalue weighted by Gasteiger charge is -2.11. The Morgan fingerprint density at radius 1 is 1.20 bits per heavy atom. The van der Waals surface area contributed by atoms with Crippen LogP contribution in [0.4, 0.5) is 21.4 Å². The van der Waals surface area contributed by atoms with Gasteiger partial charge in [-0.05, 0) is 11.6 Å². The molecule has 0 N–H and O–H groups in total. The summed E-state index contributed by atoms with van der Waals surface area (Å²) < 4.78 is 61.5. The Bertz CT molecular complexity index is 334. The van der Waals surface area contributed by atoms with E-state index in [-0.39, 0.29) is 5.56 Å². The van der Waals surface area contributed by atoms with Gasteiger partial charge in [-0.2, -0.15) is 13.2 Å². The van der Waals surface area contributed by atoms with E-state index >= 15 is 0 Å². The molecule has 0 aliphatic rings. The van der Waals surface area contributed by atoms with E-state index in [2.05, 4.69) is 0 Å². The van der Waals surface area contributed by atoms with Crippen LogP contribution in [-0.4, -0.2) is 9.46 Å². The highest BCUT2D eigenvalue weighted by molar-refractivity contribution is 6.44. The molecule has 1 unspecified atom stereocenters. The Balaban J connectivity index is 3.03. The molecule has 0 bridgehead atoms. The summed E-state index contributed by atoms with van der Waals surface area (Å²) in [7, 11) is -3.59. The zero-order valence-corrected chi connectivity index (χ0v) is 8.78. The van der Waals surface area contributed by atoms with Crippen molar-refractivity contribution in [1.29, 1.82) is 0 Å². The fourth-order valence-electron chi connectivity index (χ4n) is 1.11. The lowest BCUT2D eigenvalue weighted by Crippen LogP contribution is -2.12. The van der Waals surface area contributed by atoms with Crippen LogP contribution in [0.5, 0.6) is 0 Å². The van der Waals surface area contributed by atoms with Gasteiger partial charge in [0, 0.05) is 5.54 Å². The van der Waals surface area contributed by atoms with Crippen LogP contribution in [-0.2, 0) is 6.18 Å². The number of alkyl halides is 3. The zero-order chi connectivity index (χ0) is 11.6. The Morgan fingerprint density at radius 2 is 1.80 bits per heavy atom. The zero-order valence-electron chi connectivity index (χ0n) is 7.78. The van der Waals surface area contributed by atoms with Crippen LogP contribution in [0.2, 0.25) is 0 Å². The first-order valence-corrected chi connectivity index (χ1v) is 5.50.